The van der Waals surface area contributed by atoms with Crippen LogP contribution in [0.5, 0.6) is 5.75 Å². The van der Waals surface area contributed by atoms with Crippen LogP contribution >= 0.6 is 11.6 Å². The molecule has 0 aliphatic rings. The lowest BCUT2D eigenvalue weighted by Gasteiger charge is -2.13. The predicted octanol–water partition coefficient (Wildman–Crippen LogP) is 3.23. The summed E-state index contributed by atoms with van der Waals surface area (Å²) < 4.78 is 18.0. The Hall–Kier alpha value is -1.09. The molecule has 0 radical (unpaired) electrons. The van der Waals surface area contributed by atoms with Crippen molar-refractivity contribution in [2.24, 2.45) is 0 Å². The summed E-state index contributed by atoms with van der Waals surface area (Å²) in [7, 11) is 0. The molecule has 1 aromatic carbocycles. The number of carbonyl (C=O) groups is 1. The lowest BCUT2D eigenvalue weighted by molar-refractivity contribution is -0.124. The van der Waals surface area contributed by atoms with Gasteiger partial charge in [0, 0.05) is 6.42 Å². The first kappa shape index (κ1) is 12.0. The van der Waals surface area contributed by atoms with Gasteiger partial charge in [0.1, 0.15) is 11.6 Å². The van der Waals surface area contributed by atoms with E-state index in [1.807, 2.05) is 0 Å². The van der Waals surface area contributed by atoms with Gasteiger partial charge in [0.25, 0.3) is 0 Å². The van der Waals surface area contributed by atoms with E-state index in [2.05, 4.69) is 0 Å². The minimum Gasteiger partial charge on any atom is -0.481 e. The van der Waals surface area contributed by atoms with Crippen molar-refractivity contribution in [3.63, 3.8) is 0 Å². The smallest absolute Gasteiger partial charge is 0.172 e. The zero-order valence-electron chi connectivity index (χ0n) is 8.59. The molecule has 0 saturated heterocycles. The Kier molecular flexibility index (Phi) is 4.09. The number of ether oxygens (including phenoxy) is 1. The summed E-state index contributed by atoms with van der Waals surface area (Å²) >= 11 is 5.75. The quantitative estimate of drug-likeness (QED) is 0.794. The molecule has 15 heavy (non-hydrogen) atoms. The van der Waals surface area contributed by atoms with Crippen molar-refractivity contribution in [3.05, 3.63) is 29.0 Å². The second kappa shape index (κ2) is 5.12. The minimum absolute atomic E-state index is 0.0182. The molecule has 0 amide bonds. The molecule has 0 N–H and O–H groups in total. The van der Waals surface area contributed by atoms with Crippen molar-refractivity contribution in [2.75, 3.05) is 0 Å². The third-order valence-electron chi connectivity index (χ3n) is 2.00. The van der Waals surface area contributed by atoms with Crippen LogP contribution in [0.4, 0.5) is 4.39 Å². The summed E-state index contributed by atoms with van der Waals surface area (Å²) in [6.45, 7) is 3.40. The van der Waals surface area contributed by atoms with Crippen molar-refractivity contribution in [1.82, 2.24) is 0 Å². The molecule has 82 valence electrons. The molecule has 0 heterocycles. The first-order valence-corrected chi connectivity index (χ1v) is 5.06. The zero-order chi connectivity index (χ0) is 11.4. The highest BCUT2D eigenvalue weighted by Gasteiger charge is 2.14. The molecular formula is C11H12ClFO2. The van der Waals surface area contributed by atoms with E-state index in [1.165, 1.54) is 12.1 Å². The summed E-state index contributed by atoms with van der Waals surface area (Å²) in [6.07, 6.45) is -0.155. The van der Waals surface area contributed by atoms with Crippen LogP contribution in [0.25, 0.3) is 0 Å². The van der Waals surface area contributed by atoms with Crippen LogP contribution in [0.2, 0.25) is 5.02 Å². The van der Waals surface area contributed by atoms with E-state index in [9.17, 15) is 9.18 Å². The molecule has 1 atom stereocenters. The maximum Gasteiger partial charge on any atom is 0.172 e. The Bertz CT molecular complexity index is 366. The van der Waals surface area contributed by atoms with Crippen molar-refractivity contribution in [3.8, 4) is 5.75 Å². The number of benzene rings is 1. The van der Waals surface area contributed by atoms with Gasteiger partial charge in [-0.15, -0.1) is 0 Å². The number of halogens is 2. The molecule has 0 spiro atoms. The fourth-order valence-electron chi connectivity index (χ4n) is 1.11. The Morgan fingerprint density at radius 2 is 2.27 bits per heavy atom. The molecule has 0 fully saturated rings. The summed E-state index contributed by atoms with van der Waals surface area (Å²) in [5.41, 5.74) is 0. The van der Waals surface area contributed by atoms with Crippen molar-refractivity contribution >= 4 is 17.4 Å². The van der Waals surface area contributed by atoms with Gasteiger partial charge in [-0.05, 0) is 25.1 Å². The van der Waals surface area contributed by atoms with E-state index in [-0.39, 0.29) is 10.8 Å². The molecule has 0 saturated carbocycles. The topological polar surface area (TPSA) is 26.3 Å². The van der Waals surface area contributed by atoms with Crippen LogP contribution in [-0.2, 0) is 4.79 Å². The van der Waals surface area contributed by atoms with Crippen LogP contribution < -0.4 is 4.74 Å². The lowest BCUT2D eigenvalue weighted by atomic mass is 10.2. The molecule has 0 aromatic heterocycles. The third-order valence-corrected chi connectivity index (χ3v) is 2.29. The number of carbonyl (C=O) groups excluding carboxylic acids is 1. The summed E-state index contributed by atoms with van der Waals surface area (Å²) in [5, 5.41) is 0.172. The molecule has 1 rings (SSSR count). The fraction of sp³-hybridized carbons (Fsp3) is 0.364. The summed E-state index contributed by atoms with van der Waals surface area (Å²) in [4.78, 5) is 11.3. The van der Waals surface area contributed by atoms with Crippen LogP contribution in [0, 0.1) is 5.82 Å². The van der Waals surface area contributed by atoms with E-state index < -0.39 is 11.9 Å². The van der Waals surface area contributed by atoms with Crippen molar-refractivity contribution < 1.29 is 13.9 Å². The van der Waals surface area contributed by atoms with E-state index in [0.717, 1.165) is 6.07 Å². The number of hydrogen-bond acceptors (Lipinski definition) is 2. The number of Topliss-reactive ketones (excluding diaryl/α,β-unsaturated/α-hetero) is 1. The van der Waals surface area contributed by atoms with Gasteiger partial charge < -0.3 is 4.74 Å². The first-order chi connectivity index (χ1) is 7.04. The van der Waals surface area contributed by atoms with Gasteiger partial charge in [-0.2, -0.15) is 0 Å². The fourth-order valence-corrected chi connectivity index (χ4v) is 1.33. The highest BCUT2D eigenvalue weighted by atomic mass is 35.5. The largest absolute Gasteiger partial charge is 0.481 e. The second-order valence-corrected chi connectivity index (χ2v) is 3.56. The van der Waals surface area contributed by atoms with Gasteiger partial charge in [-0.1, -0.05) is 18.5 Å². The van der Waals surface area contributed by atoms with Crippen molar-refractivity contribution in [1.29, 1.82) is 0 Å². The van der Waals surface area contributed by atoms with Crippen LogP contribution in [0.3, 0.4) is 0 Å². The predicted molar refractivity (Wildman–Crippen MR) is 56.8 cm³/mol. The normalized spacial score (nSPS) is 12.3. The number of rotatable bonds is 4. The Labute approximate surface area is 93.0 Å². The average Bonchev–Trinajstić information content (AvgIpc) is 2.20. The van der Waals surface area contributed by atoms with Gasteiger partial charge in [0.05, 0.1) is 5.02 Å². The maximum atomic E-state index is 12.7. The standard InChI is InChI=1S/C11H12ClFO2/c1-3-10(14)7(2)15-11-5-4-8(13)6-9(11)12/h4-7H,3H2,1-2H3. The number of ketones is 1. The van der Waals surface area contributed by atoms with Gasteiger partial charge in [0.15, 0.2) is 11.9 Å². The molecule has 1 aromatic rings. The van der Waals surface area contributed by atoms with Gasteiger partial charge in [0.2, 0.25) is 0 Å². The van der Waals surface area contributed by atoms with Crippen molar-refractivity contribution in [2.45, 2.75) is 26.4 Å². The van der Waals surface area contributed by atoms with E-state index in [4.69, 9.17) is 16.3 Å². The summed E-state index contributed by atoms with van der Waals surface area (Å²) in [5.74, 6) is -0.121. The highest BCUT2D eigenvalue weighted by molar-refractivity contribution is 6.32. The first-order valence-electron chi connectivity index (χ1n) is 4.69. The van der Waals surface area contributed by atoms with Gasteiger partial charge in [-0.25, -0.2) is 4.39 Å². The van der Waals surface area contributed by atoms with E-state index >= 15 is 0 Å². The molecule has 1 unspecified atom stereocenters. The van der Waals surface area contributed by atoms with Crippen LogP contribution in [-0.4, -0.2) is 11.9 Å². The van der Waals surface area contributed by atoms with Gasteiger partial charge >= 0.3 is 0 Å². The molecular weight excluding hydrogens is 219 g/mol. The molecule has 2 nitrogen and oxygen atoms in total. The van der Waals surface area contributed by atoms with Crippen LogP contribution in [0.1, 0.15) is 20.3 Å². The monoisotopic (exact) mass is 230 g/mol. The van der Waals surface area contributed by atoms with E-state index in [0.29, 0.717) is 12.2 Å². The maximum absolute atomic E-state index is 12.7. The lowest BCUT2D eigenvalue weighted by Crippen LogP contribution is -2.22. The highest BCUT2D eigenvalue weighted by Crippen LogP contribution is 2.25. The number of hydrogen-bond donors (Lipinski definition) is 0. The minimum atomic E-state index is -0.557. The van der Waals surface area contributed by atoms with E-state index in [1.54, 1.807) is 13.8 Å². The zero-order valence-corrected chi connectivity index (χ0v) is 9.34. The molecule has 0 aliphatic carbocycles. The SMILES string of the molecule is CCC(=O)C(C)Oc1ccc(F)cc1Cl. The molecule has 4 heteroatoms. The molecule has 0 bridgehead atoms. The second-order valence-electron chi connectivity index (χ2n) is 3.15. The van der Waals surface area contributed by atoms with Gasteiger partial charge in [-0.3, -0.25) is 4.79 Å². The Morgan fingerprint density at radius 1 is 1.60 bits per heavy atom. The summed E-state index contributed by atoms with van der Waals surface area (Å²) in [6, 6.07) is 3.81. The average molecular weight is 231 g/mol. The third kappa shape index (κ3) is 3.20. The van der Waals surface area contributed by atoms with Crippen LogP contribution in [0.15, 0.2) is 18.2 Å². The Balaban J connectivity index is 2.76. The Morgan fingerprint density at radius 3 is 2.80 bits per heavy atom. The molecule has 0 aliphatic heterocycles.